The Hall–Kier alpha value is -1.33. The number of hydrogen-bond acceptors (Lipinski definition) is 2. The van der Waals surface area contributed by atoms with Gasteiger partial charge >= 0.3 is 0 Å². The maximum Gasteiger partial charge on any atom is 0.0641 e. The second-order valence-electron chi connectivity index (χ2n) is 3.79. The van der Waals surface area contributed by atoms with E-state index < -0.39 is 0 Å². The summed E-state index contributed by atoms with van der Waals surface area (Å²) >= 11 is 0. The van der Waals surface area contributed by atoms with Crippen LogP contribution in [-0.2, 0) is 0 Å². The minimum Gasteiger partial charge on any atom is -0.323 e. The van der Waals surface area contributed by atoms with E-state index >= 15 is 0 Å². The second-order valence-corrected chi connectivity index (χ2v) is 3.79. The highest BCUT2D eigenvalue weighted by atomic mass is 14.6. The number of hydrogen-bond donors (Lipinski definition) is 1. The number of rotatable bonds is 3. The molecule has 0 aliphatic carbocycles. The van der Waals surface area contributed by atoms with Gasteiger partial charge < -0.3 is 5.73 Å². The van der Waals surface area contributed by atoms with Crippen LogP contribution in [0.2, 0.25) is 0 Å². The Morgan fingerprint density at radius 2 is 1.71 bits per heavy atom. The van der Waals surface area contributed by atoms with E-state index in [1.807, 2.05) is 12.1 Å². The Morgan fingerprint density at radius 3 is 2.14 bits per heavy atom. The molecule has 0 aliphatic heterocycles. The fraction of sp³-hybridized carbons (Fsp3) is 0.417. The van der Waals surface area contributed by atoms with Crippen LogP contribution in [0.3, 0.4) is 0 Å². The molecular formula is C12H16N2. The van der Waals surface area contributed by atoms with E-state index in [2.05, 4.69) is 32.0 Å². The first-order chi connectivity index (χ1) is 6.65. The van der Waals surface area contributed by atoms with Gasteiger partial charge in [0.15, 0.2) is 0 Å². The molecule has 2 heteroatoms. The minimum absolute atomic E-state index is 0.152. The van der Waals surface area contributed by atoms with Gasteiger partial charge in [-0.15, -0.1) is 0 Å². The summed E-state index contributed by atoms with van der Waals surface area (Å²) < 4.78 is 0. The molecule has 74 valence electrons. The lowest BCUT2D eigenvalue weighted by atomic mass is 9.98. The van der Waals surface area contributed by atoms with Crippen LogP contribution < -0.4 is 5.73 Å². The average Bonchev–Trinajstić information content (AvgIpc) is 2.18. The summed E-state index contributed by atoms with van der Waals surface area (Å²) in [6.45, 7) is 4.31. The molecule has 2 nitrogen and oxygen atoms in total. The molecular weight excluding hydrogens is 172 g/mol. The highest BCUT2D eigenvalue weighted by Crippen LogP contribution is 2.18. The van der Waals surface area contributed by atoms with Gasteiger partial charge in [0, 0.05) is 6.04 Å². The minimum atomic E-state index is -0.152. The zero-order valence-corrected chi connectivity index (χ0v) is 8.70. The number of nitriles is 1. The molecule has 0 amide bonds. The molecule has 0 radical (unpaired) electrons. The van der Waals surface area contributed by atoms with E-state index in [1.165, 1.54) is 5.56 Å². The standard InChI is InChI=1S/C12H16N2/c1-9(2)10-3-5-11(6-4-10)12(14)7-8-13/h3-6,9,12H,7,14H2,1-2H3/t12-/m1/s1. The fourth-order valence-corrected chi connectivity index (χ4v) is 1.34. The molecule has 0 fully saturated rings. The van der Waals surface area contributed by atoms with Crippen LogP contribution in [0.1, 0.15) is 43.4 Å². The average molecular weight is 188 g/mol. The van der Waals surface area contributed by atoms with Crippen LogP contribution in [0, 0.1) is 11.3 Å². The fourth-order valence-electron chi connectivity index (χ4n) is 1.34. The third kappa shape index (κ3) is 2.58. The van der Waals surface area contributed by atoms with Crippen molar-refractivity contribution in [3.05, 3.63) is 35.4 Å². The second kappa shape index (κ2) is 4.78. The van der Waals surface area contributed by atoms with Crippen LogP contribution in [0.15, 0.2) is 24.3 Å². The van der Waals surface area contributed by atoms with Crippen molar-refractivity contribution in [2.24, 2.45) is 5.73 Å². The zero-order valence-electron chi connectivity index (χ0n) is 8.70. The van der Waals surface area contributed by atoms with Crippen LogP contribution in [0.25, 0.3) is 0 Å². The first kappa shape index (κ1) is 10.7. The van der Waals surface area contributed by atoms with Crippen molar-refractivity contribution in [2.45, 2.75) is 32.2 Å². The molecule has 0 spiro atoms. The molecule has 2 N–H and O–H groups in total. The van der Waals surface area contributed by atoms with E-state index in [0.29, 0.717) is 12.3 Å². The normalized spacial score (nSPS) is 12.5. The number of nitrogens with two attached hydrogens (primary N) is 1. The van der Waals surface area contributed by atoms with E-state index in [-0.39, 0.29) is 6.04 Å². The maximum atomic E-state index is 8.51. The largest absolute Gasteiger partial charge is 0.323 e. The van der Waals surface area contributed by atoms with Gasteiger partial charge in [-0.25, -0.2) is 0 Å². The highest BCUT2D eigenvalue weighted by Gasteiger charge is 2.05. The molecule has 0 heterocycles. The Labute approximate surface area is 85.4 Å². The molecule has 1 rings (SSSR count). The van der Waals surface area contributed by atoms with Crippen molar-refractivity contribution in [1.82, 2.24) is 0 Å². The van der Waals surface area contributed by atoms with Crippen LogP contribution in [0.5, 0.6) is 0 Å². The van der Waals surface area contributed by atoms with E-state index in [0.717, 1.165) is 5.56 Å². The Bertz CT molecular complexity index is 319. The van der Waals surface area contributed by atoms with Gasteiger partial charge in [-0.05, 0) is 17.0 Å². The van der Waals surface area contributed by atoms with Crippen LogP contribution in [0.4, 0.5) is 0 Å². The zero-order chi connectivity index (χ0) is 10.6. The number of nitrogens with zero attached hydrogens (tertiary/aromatic N) is 1. The summed E-state index contributed by atoms with van der Waals surface area (Å²) in [6.07, 6.45) is 0.376. The van der Waals surface area contributed by atoms with Crippen molar-refractivity contribution in [3.63, 3.8) is 0 Å². The SMILES string of the molecule is CC(C)c1ccc([C@H](N)CC#N)cc1. The summed E-state index contributed by atoms with van der Waals surface area (Å²) in [5.74, 6) is 0.538. The molecule has 0 aliphatic rings. The lowest BCUT2D eigenvalue weighted by molar-refractivity contribution is 0.746. The predicted molar refractivity (Wildman–Crippen MR) is 57.7 cm³/mol. The molecule has 1 aromatic carbocycles. The highest BCUT2D eigenvalue weighted by molar-refractivity contribution is 5.27. The van der Waals surface area contributed by atoms with Gasteiger partial charge in [0.05, 0.1) is 12.5 Å². The van der Waals surface area contributed by atoms with Crippen molar-refractivity contribution in [3.8, 4) is 6.07 Å². The van der Waals surface area contributed by atoms with Gasteiger partial charge in [0.25, 0.3) is 0 Å². The monoisotopic (exact) mass is 188 g/mol. The maximum absolute atomic E-state index is 8.51. The molecule has 1 aromatic rings. The Morgan fingerprint density at radius 1 is 1.21 bits per heavy atom. The van der Waals surface area contributed by atoms with Crippen LogP contribution in [-0.4, -0.2) is 0 Å². The van der Waals surface area contributed by atoms with Crippen molar-refractivity contribution in [2.75, 3.05) is 0 Å². The van der Waals surface area contributed by atoms with Gasteiger partial charge in [-0.3, -0.25) is 0 Å². The van der Waals surface area contributed by atoms with E-state index in [4.69, 9.17) is 11.0 Å². The molecule has 1 atom stereocenters. The number of benzene rings is 1. The topological polar surface area (TPSA) is 49.8 Å². The summed E-state index contributed by atoms with van der Waals surface area (Å²) in [4.78, 5) is 0. The van der Waals surface area contributed by atoms with Crippen molar-refractivity contribution >= 4 is 0 Å². The first-order valence-electron chi connectivity index (χ1n) is 4.87. The van der Waals surface area contributed by atoms with Crippen molar-refractivity contribution in [1.29, 1.82) is 5.26 Å². The van der Waals surface area contributed by atoms with E-state index in [9.17, 15) is 0 Å². The third-order valence-corrected chi connectivity index (χ3v) is 2.34. The smallest absolute Gasteiger partial charge is 0.0641 e. The van der Waals surface area contributed by atoms with Crippen molar-refractivity contribution < 1.29 is 0 Å². The third-order valence-electron chi connectivity index (χ3n) is 2.34. The molecule has 14 heavy (non-hydrogen) atoms. The van der Waals surface area contributed by atoms with Gasteiger partial charge in [-0.2, -0.15) is 5.26 Å². The quantitative estimate of drug-likeness (QED) is 0.792. The predicted octanol–water partition coefficient (Wildman–Crippen LogP) is 2.72. The molecule has 0 aromatic heterocycles. The summed E-state index contributed by atoms with van der Waals surface area (Å²) in [7, 11) is 0. The van der Waals surface area contributed by atoms with Gasteiger partial charge in [-0.1, -0.05) is 38.1 Å². The molecule has 0 saturated carbocycles. The van der Waals surface area contributed by atoms with Gasteiger partial charge in [0.1, 0.15) is 0 Å². The summed E-state index contributed by atoms with van der Waals surface area (Å²) in [6, 6.07) is 10.1. The van der Waals surface area contributed by atoms with Gasteiger partial charge in [0.2, 0.25) is 0 Å². The Kier molecular flexibility index (Phi) is 3.67. The lowest BCUT2D eigenvalue weighted by Gasteiger charge is -2.10. The van der Waals surface area contributed by atoms with E-state index in [1.54, 1.807) is 0 Å². The molecule has 0 bridgehead atoms. The molecule has 0 saturated heterocycles. The Balaban J connectivity index is 2.78. The molecule has 0 unspecified atom stereocenters. The summed E-state index contributed by atoms with van der Waals surface area (Å²) in [5.41, 5.74) is 8.15. The summed E-state index contributed by atoms with van der Waals surface area (Å²) in [5, 5.41) is 8.51. The first-order valence-corrected chi connectivity index (χ1v) is 4.87. The lowest BCUT2D eigenvalue weighted by Crippen LogP contribution is -2.09. The van der Waals surface area contributed by atoms with Crippen LogP contribution >= 0.6 is 0 Å².